The maximum absolute atomic E-state index is 10.8. The zero-order valence-corrected chi connectivity index (χ0v) is 8.32. The minimum absolute atomic E-state index is 0.0709. The van der Waals surface area contributed by atoms with Crippen molar-refractivity contribution in [2.24, 2.45) is 0 Å². The monoisotopic (exact) mass is 223 g/mol. The lowest BCUT2D eigenvalue weighted by atomic mass is 10.4. The number of ether oxygens (including phenoxy) is 1. The van der Waals surface area contributed by atoms with Crippen molar-refractivity contribution in [1.82, 2.24) is 5.32 Å². The van der Waals surface area contributed by atoms with Gasteiger partial charge in [-0.2, -0.15) is 0 Å². The Morgan fingerprint density at radius 3 is 2.91 bits per heavy atom. The van der Waals surface area contributed by atoms with Crippen LogP contribution in [-0.2, 0) is 9.53 Å². The van der Waals surface area contributed by atoms with Crippen LogP contribution in [0.5, 0.6) is 0 Å². The van der Waals surface area contributed by atoms with Gasteiger partial charge < -0.3 is 10.1 Å². The Morgan fingerprint density at radius 2 is 2.36 bits per heavy atom. The summed E-state index contributed by atoms with van der Waals surface area (Å²) in [5, 5.41) is 3.44. The number of hydrogen-bond donors (Lipinski definition) is 1. The number of halogens is 1. The van der Waals surface area contributed by atoms with E-state index in [2.05, 4.69) is 21.2 Å². The van der Waals surface area contributed by atoms with Crippen LogP contribution in [0, 0.1) is 0 Å². The topological polar surface area (TPSA) is 38.3 Å². The van der Waals surface area contributed by atoms with Crippen molar-refractivity contribution in [3.05, 3.63) is 0 Å². The molecule has 4 heteroatoms. The van der Waals surface area contributed by atoms with Gasteiger partial charge in [-0.05, 0) is 6.92 Å². The average molecular weight is 224 g/mol. The van der Waals surface area contributed by atoms with Crippen molar-refractivity contribution in [3.8, 4) is 0 Å². The molecule has 11 heavy (non-hydrogen) atoms. The van der Waals surface area contributed by atoms with E-state index in [1.807, 2.05) is 6.92 Å². The van der Waals surface area contributed by atoms with Crippen molar-refractivity contribution in [2.45, 2.75) is 13.3 Å². The van der Waals surface area contributed by atoms with Gasteiger partial charge in [0, 0.05) is 24.9 Å². The highest BCUT2D eigenvalue weighted by Crippen LogP contribution is 1.86. The van der Waals surface area contributed by atoms with Crippen LogP contribution in [0.25, 0.3) is 0 Å². The van der Waals surface area contributed by atoms with E-state index >= 15 is 0 Å². The first-order valence-electron chi connectivity index (χ1n) is 3.71. The van der Waals surface area contributed by atoms with Crippen molar-refractivity contribution < 1.29 is 9.53 Å². The van der Waals surface area contributed by atoms with Gasteiger partial charge in [0.1, 0.15) is 0 Å². The second-order valence-electron chi connectivity index (χ2n) is 1.99. The Labute approximate surface area is 75.6 Å². The van der Waals surface area contributed by atoms with Crippen LogP contribution in [0.2, 0.25) is 0 Å². The fourth-order valence-electron chi connectivity index (χ4n) is 0.581. The molecule has 0 spiro atoms. The SMILES string of the molecule is CCOCCNC(=O)CCBr. The molecule has 0 aromatic carbocycles. The number of carbonyl (C=O) groups excluding carboxylic acids is 1. The molecule has 0 aromatic heterocycles. The van der Waals surface area contributed by atoms with Crippen LogP contribution in [-0.4, -0.2) is 31.0 Å². The third-order valence-electron chi connectivity index (χ3n) is 1.09. The molecule has 0 saturated heterocycles. The molecule has 0 bridgehead atoms. The van der Waals surface area contributed by atoms with Crippen LogP contribution in [0.4, 0.5) is 0 Å². The number of carbonyl (C=O) groups is 1. The number of hydrogen-bond acceptors (Lipinski definition) is 2. The number of amides is 1. The second kappa shape index (κ2) is 8.01. The van der Waals surface area contributed by atoms with Gasteiger partial charge in [-0.1, -0.05) is 15.9 Å². The normalized spacial score (nSPS) is 9.64. The number of alkyl halides is 1. The van der Waals surface area contributed by atoms with Gasteiger partial charge in [0.2, 0.25) is 5.91 Å². The molecule has 1 N–H and O–H groups in total. The van der Waals surface area contributed by atoms with Gasteiger partial charge >= 0.3 is 0 Å². The Hall–Kier alpha value is -0.0900. The molecule has 0 heterocycles. The molecular formula is C7H14BrNO2. The van der Waals surface area contributed by atoms with E-state index in [0.29, 0.717) is 31.5 Å². The quantitative estimate of drug-likeness (QED) is 0.538. The minimum atomic E-state index is 0.0709. The fraction of sp³-hybridized carbons (Fsp3) is 0.857. The van der Waals surface area contributed by atoms with E-state index in [1.54, 1.807) is 0 Å². The molecule has 0 atom stereocenters. The third-order valence-corrected chi connectivity index (χ3v) is 1.49. The van der Waals surface area contributed by atoms with Crippen LogP contribution in [0.1, 0.15) is 13.3 Å². The summed E-state index contributed by atoms with van der Waals surface area (Å²) in [4.78, 5) is 10.8. The maximum Gasteiger partial charge on any atom is 0.220 e. The van der Waals surface area contributed by atoms with Gasteiger partial charge in [-0.3, -0.25) is 4.79 Å². The summed E-state index contributed by atoms with van der Waals surface area (Å²) in [7, 11) is 0. The predicted octanol–water partition coefficient (Wildman–Crippen LogP) is 0.924. The summed E-state index contributed by atoms with van der Waals surface area (Å²) in [6, 6.07) is 0. The van der Waals surface area contributed by atoms with Crippen LogP contribution >= 0.6 is 15.9 Å². The molecule has 0 radical (unpaired) electrons. The molecule has 3 nitrogen and oxygen atoms in total. The Balaban J connectivity index is 3.04. The lowest BCUT2D eigenvalue weighted by Crippen LogP contribution is -2.27. The lowest BCUT2D eigenvalue weighted by molar-refractivity contribution is -0.120. The first kappa shape index (κ1) is 10.9. The maximum atomic E-state index is 10.8. The first-order chi connectivity index (χ1) is 5.31. The van der Waals surface area contributed by atoms with Gasteiger partial charge in [0.05, 0.1) is 6.61 Å². The van der Waals surface area contributed by atoms with E-state index in [1.165, 1.54) is 0 Å². The summed E-state index contributed by atoms with van der Waals surface area (Å²) < 4.78 is 5.04. The summed E-state index contributed by atoms with van der Waals surface area (Å²) in [5.74, 6) is 0.0709. The highest BCUT2D eigenvalue weighted by molar-refractivity contribution is 9.09. The van der Waals surface area contributed by atoms with E-state index in [4.69, 9.17) is 4.74 Å². The zero-order valence-electron chi connectivity index (χ0n) is 6.73. The van der Waals surface area contributed by atoms with Gasteiger partial charge in [-0.15, -0.1) is 0 Å². The van der Waals surface area contributed by atoms with Crippen molar-refractivity contribution >= 4 is 21.8 Å². The predicted molar refractivity (Wildman–Crippen MR) is 47.9 cm³/mol. The molecule has 0 aliphatic carbocycles. The fourth-order valence-corrected chi connectivity index (χ4v) is 0.941. The van der Waals surface area contributed by atoms with E-state index in [-0.39, 0.29) is 5.91 Å². The summed E-state index contributed by atoms with van der Waals surface area (Å²) in [5.41, 5.74) is 0. The summed E-state index contributed by atoms with van der Waals surface area (Å²) in [6.07, 6.45) is 0.534. The first-order valence-corrected chi connectivity index (χ1v) is 4.83. The van der Waals surface area contributed by atoms with Crippen LogP contribution < -0.4 is 5.32 Å². The number of nitrogens with one attached hydrogen (secondary N) is 1. The largest absolute Gasteiger partial charge is 0.380 e. The van der Waals surface area contributed by atoms with Crippen molar-refractivity contribution in [2.75, 3.05) is 25.1 Å². The van der Waals surface area contributed by atoms with E-state index < -0.39 is 0 Å². The Bertz CT molecular complexity index is 109. The molecule has 0 unspecified atom stereocenters. The lowest BCUT2D eigenvalue weighted by Gasteiger charge is -2.02. The third kappa shape index (κ3) is 7.81. The standard InChI is InChI=1S/C7H14BrNO2/c1-2-11-6-5-9-7(10)3-4-8/h2-6H2,1H3,(H,9,10). The molecule has 0 saturated carbocycles. The molecule has 66 valence electrons. The molecule has 0 aliphatic rings. The zero-order chi connectivity index (χ0) is 8.53. The van der Waals surface area contributed by atoms with Crippen LogP contribution in [0.15, 0.2) is 0 Å². The van der Waals surface area contributed by atoms with E-state index in [0.717, 1.165) is 0 Å². The van der Waals surface area contributed by atoms with Gasteiger partial charge in [0.25, 0.3) is 0 Å². The van der Waals surface area contributed by atoms with E-state index in [9.17, 15) is 4.79 Å². The molecule has 0 fully saturated rings. The average Bonchev–Trinajstić information content (AvgIpc) is 1.99. The highest BCUT2D eigenvalue weighted by Gasteiger charge is 1.96. The Kier molecular flexibility index (Phi) is 7.95. The minimum Gasteiger partial charge on any atom is -0.380 e. The van der Waals surface area contributed by atoms with Gasteiger partial charge in [-0.25, -0.2) is 0 Å². The molecule has 0 rings (SSSR count). The smallest absolute Gasteiger partial charge is 0.220 e. The number of rotatable bonds is 6. The summed E-state index contributed by atoms with van der Waals surface area (Å²) in [6.45, 7) is 3.85. The van der Waals surface area contributed by atoms with Gasteiger partial charge in [0.15, 0.2) is 0 Å². The van der Waals surface area contributed by atoms with Crippen molar-refractivity contribution in [1.29, 1.82) is 0 Å². The van der Waals surface area contributed by atoms with Crippen molar-refractivity contribution in [3.63, 3.8) is 0 Å². The molecule has 1 amide bonds. The summed E-state index contributed by atoms with van der Waals surface area (Å²) >= 11 is 3.18. The highest BCUT2D eigenvalue weighted by atomic mass is 79.9. The Morgan fingerprint density at radius 1 is 1.64 bits per heavy atom. The second-order valence-corrected chi connectivity index (χ2v) is 2.78. The molecular weight excluding hydrogens is 210 g/mol. The molecule has 0 aliphatic heterocycles. The van der Waals surface area contributed by atoms with Crippen LogP contribution in [0.3, 0.4) is 0 Å². The molecule has 0 aromatic rings.